The van der Waals surface area contributed by atoms with Crippen molar-refractivity contribution >= 4 is 17.8 Å². The molecule has 2 aromatic carbocycles. The van der Waals surface area contributed by atoms with Gasteiger partial charge < -0.3 is 14.6 Å². The molecule has 142 valence electrons. The van der Waals surface area contributed by atoms with Crippen molar-refractivity contribution in [3.63, 3.8) is 0 Å². The number of hydrazone groups is 1. The number of aryl methyl sites for hydroxylation is 1. The minimum Gasteiger partial charge on any atom is -0.507 e. The highest BCUT2D eigenvalue weighted by Crippen LogP contribution is 2.28. The maximum Gasteiger partial charge on any atom is 0.270 e. The average Bonchev–Trinajstić information content (AvgIpc) is 2.64. The van der Waals surface area contributed by atoms with Gasteiger partial charge in [0.1, 0.15) is 5.75 Å². The summed E-state index contributed by atoms with van der Waals surface area (Å²) >= 11 is 0. The molecule has 0 radical (unpaired) electrons. The fourth-order valence-corrected chi connectivity index (χ4v) is 2.38. The number of nitro groups is 1. The van der Waals surface area contributed by atoms with E-state index in [4.69, 9.17) is 9.47 Å². The van der Waals surface area contributed by atoms with E-state index in [0.717, 1.165) is 6.21 Å². The molecule has 0 saturated heterocycles. The largest absolute Gasteiger partial charge is 0.507 e. The van der Waals surface area contributed by atoms with E-state index in [-0.39, 0.29) is 23.4 Å². The van der Waals surface area contributed by atoms with Crippen LogP contribution < -0.4 is 14.9 Å². The van der Waals surface area contributed by atoms with Gasteiger partial charge in [-0.3, -0.25) is 14.9 Å². The van der Waals surface area contributed by atoms with Crippen LogP contribution in [-0.4, -0.2) is 36.4 Å². The number of aromatic hydroxyl groups is 1. The van der Waals surface area contributed by atoms with Gasteiger partial charge >= 0.3 is 0 Å². The first-order valence-electron chi connectivity index (χ1n) is 7.86. The second kappa shape index (κ2) is 8.65. The lowest BCUT2D eigenvalue weighted by Gasteiger charge is -2.09. The summed E-state index contributed by atoms with van der Waals surface area (Å²) in [6.45, 7) is 1.54. The summed E-state index contributed by atoms with van der Waals surface area (Å²) in [6.07, 6.45) is 1.19. The summed E-state index contributed by atoms with van der Waals surface area (Å²) in [5.41, 5.74) is 3.30. The number of nitrogens with zero attached hydrogens (tertiary/aromatic N) is 2. The molecule has 0 aliphatic rings. The van der Waals surface area contributed by atoms with Crippen molar-refractivity contribution in [1.82, 2.24) is 5.43 Å². The Hall–Kier alpha value is -3.62. The monoisotopic (exact) mass is 373 g/mol. The van der Waals surface area contributed by atoms with E-state index in [1.54, 1.807) is 18.2 Å². The van der Waals surface area contributed by atoms with Gasteiger partial charge in [0.15, 0.2) is 11.5 Å². The van der Waals surface area contributed by atoms with E-state index in [1.165, 1.54) is 33.3 Å². The number of methoxy groups -OCH3 is 2. The van der Waals surface area contributed by atoms with Crippen LogP contribution in [0.4, 0.5) is 5.69 Å². The Bertz CT molecular complexity index is 895. The number of carbonyl (C=O) groups excluding carboxylic acids is 1. The number of nitro benzene ring substituents is 1. The molecule has 2 rings (SSSR count). The molecule has 0 heterocycles. The number of ether oxygens (including phenoxy) is 2. The fraction of sp³-hybridized carbons (Fsp3) is 0.222. The third-order valence-corrected chi connectivity index (χ3v) is 3.73. The SMILES string of the molecule is COc1ccc(CC(=O)N/N=C\c2cc([N+](=O)[O-])cc(C)c2O)cc1OC. The topological polar surface area (TPSA) is 123 Å². The van der Waals surface area contributed by atoms with Crippen molar-refractivity contribution in [2.24, 2.45) is 5.10 Å². The van der Waals surface area contributed by atoms with Gasteiger partial charge in [-0.2, -0.15) is 5.10 Å². The van der Waals surface area contributed by atoms with E-state index < -0.39 is 10.8 Å². The summed E-state index contributed by atoms with van der Waals surface area (Å²) < 4.78 is 10.3. The standard InChI is InChI=1S/C18H19N3O6/c1-11-6-14(21(24)25)9-13(18(11)23)10-19-20-17(22)8-12-4-5-15(26-2)16(7-12)27-3/h4-7,9-10,23H,8H2,1-3H3,(H,20,22)/b19-10-. The highest BCUT2D eigenvalue weighted by atomic mass is 16.6. The highest BCUT2D eigenvalue weighted by molar-refractivity contribution is 5.87. The van der Waals surface area contributed by atoms with E-state index >= 15 is 0 Å². The number of phenolic OH excluding ortho intramolecular Hbond substituents is 1. The molecule has 0 atom stereocenters. The summed E-state index contributed by atoms with van der Waals surface area (Å²) in [6, 6.07) is 7.52. The summed E-state index contributed by atoms with van der Waals surface area (Å²) in [5, 5.41) is 24.6. The zero-order chi connectivity index (χ0) is 20.0. The Morgan fingerprint density at radius 1 is 1.26 bits per heavy atom. The molecule has 0 bridgehead atoms. The highest BCUT2D eigenvalue weighted by Gasteiger charge is 2.13. The van der Waals surface area contributed by atoms with Crippen LogP contribution in [0, 0.1) is 17.0 Å². The van der Waals surface area contributed by atoms with Crippen molar-refractivity contribution in [3.05, 3.63) is 57.1 Å². The van der Waals surface area contributed by atoms with Gasteiger partial charge in [-0.05, 0) is 30.2 Å². The number of benzene rings is 2. The molecule has 2 aromatic rings. The lowest BCUT2D eigenvalue weighted by molar-refractivity contribution is -0.384. The second-order valence-corrected chi connectivity index (χ2v) is 5.62. The summed E-state index contributed by atoms with van der Waals surface area (Å²) in [5.74, 6) is 0.512. The molecule has 0 unspecified atom stereocenters. The molecule has 27 heavy (non-hydrogen) atoms. The zero-order valence-electron chi connectivity index (χ0n) is 15.1. The molecular weight excluding hydrogens is 354 g/mol. The van der Waals surface area contributed by atoms with Gasteiger partial charge in [0, 0.05) is 17.7 Å². The van der Waals surface area contributed by atoms with Crippen LogP contribution >= 0.6 is 0 Å². The number of hydrogen-bond acceptors (Lipinski definition) is 7. The van der Waals surface area contributed by atoms with Gasteiger partial charge in [0.2, 0.25) is 5.91 Å². The maximum atomic E-state index is 12.0. The lowest BCUT2D eigenvalue weighted by atomic mass is 10.1. The van der Waals surface area contributed by atoms with Crippen LogP contribution in [0.15, 0.2) is 35.4 Å². The molecule has 0 aliphatic carbocycles. The first-order valence-corrected chi connectivity index (χ1v) is 7.86. The van der Waals surface area contributed by atoms with E-state index in [1.807, 2.05) is 0 Å². The molecule has 0 spiro atoms. The second-order valence-electron chi connectivity index (χ2n) is 5.62. The average molecular weight is 373 g/mol. The minimum atomic E-state index is -0.570. The first kappa shape index (κ1) is 19.7. The van der Waals surface area contributed by atoms with Gasteiger partial charge in [0.25, 0.3) is 5.69 Å². The molecule has 9 nitrogen and oxygen atoms in total. The van der Waals surface area contributed by atoms with Crippen LogP contribution in [-0.2, 0) is 11.2 Å². The van der Waals surface area contributed by atoms with E-state index in [9.17, 15) is 20.0 Å². The third kappa shape index (κ3) is 4.94. The Morgan fingerprint density at radius 2 is 1.96 bits per heavy atom. The quantitative estimate of drug-likeness (QED) is 0.436. The molecule has 0 aliphatic heterocycles. The normalized spacial score (nSPS) is 10.6. The molecule has 2 N–H and O–H groups in total. The van der Waals surface area contributed by atoms with Gasteiger partial charge in [-0.1, -0.05) is 6.07 Å². The number of rotatable bonds is 7. The summed E-state index contributed by atoms with van der Waals surface area (Å²) in [4.78, 5) is 22.3. The number of hydrogen-bond donors (Lipinski definition) is 2. The molecule has 0 fully saturated rings. The molecule has 1 amide bonds. The van der Waals surface area contributed by atoms with E-state index in [2.05, 4.69) is 10.5 Å². The van der Waals surface area contributed by atoms with Crippen LogP contribution in [0.25, 0.3) is 0 Å². The molecule has 0 aromatic heterocycles. The van der Waals surface area contributed by atoms with Crippen molar-refractivity contribution in [3.8, 4) is 17.2 Å². The van der Waals surface area contributed by atoms with Crippen LogP contribution in [0.1, 0.15) is 16.7 Å². The predicted octanol–water partition coefficient (Wildman–Crippen LogP) is 2.32. The van der Waals surface area contributed by atoms with Crippen molar-refractivity contribution in [2.45, 2.75) is 13.3 Å². The van der Waals surface area contributed by atoms with Gasteiger partial charge in [0.05, 0.1) is 31.8 Å². The zero-order valence-corrected chi connectivity index (χ0v) is 15.1. The van der Waals surface area contributed by atoms with Gasteiger partial charge in [-0.25, -0.2) is 5.43 Å². The Balaban J connectivity index is 2.06. The molecule has 9 heteroatoms. The predicted molar refractivity (Wildman–Crippen MR) is 98.5 cm³/mol. The van der Waals surface area contributed by atoms with Gasteiger partial charge in [-0.15, -0.1) is 0 Å². The van der Waals surface area contributed by atoms with Crippen LogP contribution in [0.3, 0.4) is 0 Å². The third-order valence-electron chi connectivity index (χ3n) is 3.73. The van der Waals surface area contributed by atoms with Crippen molar-refractivity contribution < 1.29 is 24.3 Å². The maximum absolute atomic E-state index is 12.0. The Labute approximate surface area is 155 Å². The number of non-ortho nitro benzene ring substituents is 1. The van der Waals surface area contributed by atoms with E-state index in [0.29, 0.717) is 22.6 Å². The van der Waals surface area contributed by atoms with Crippen LogP contribution in [0.5, 0.6) is 17.2 Å². The number of carbonyl (C=O) groups is 1. The number of amides is 1. The van der Waals surface area contributed by atoms with Crippen molar-refractivity contribution in [1.29, 1.82) is 0 Å². The number of phenols is 1. The molecular formula is C18H19N3O6. The van der Waals surface area contributed by atoms with Crippen LogP contribution in [0.2, 0.25) is 0 Å². The lowest BCUT2D eigenvalue weighted by Crippen LogP contribution is -2.19. The Morgan fingerprint density at radius 3 is 2.59 bits per heavy atom. The number of nitrogens with one attached hydrogen (secondary N) is 1. The summed E-state index contributed by atoms with van der Waals surface area (Å²) in [7, 11) is 3.02. The molecule has 0 saturated carbocycles. The van der Waals surface area contributed by atoms with Crippen molar-refractivity contribution in [2.75, 3.05) is 14.2 Å². The smallest absolute Gasteiger partial charge is 0.270 e. The Kier molecular flexibility index (Phi) is 6.32. The minimum absolute atomic E-state index is 0.0393. The fourth-order valence-electron chi connectivity index (χ4n) is 2.38. The first-order chi connectivity index (χ1) is 12.8.